The predicted octanol–water partition coefficient (Wildman–Crippen LogP) is 3.69. The maximum Gasteiger partial charge on any atom is 0.176 e. The van der Waals surface area contributed by atoms with E-state index in [1.807, 2.05) is 31.3 Å². The van der Waals surface area contributed by atoms with E-state index in [1.165, 1.54) is 0 Å². The number of nitrogens with zero attached hydrogens (tertiary/aromatic N) is 3. The zero-order valence-electron chi connectivity index (χ0n) is 14.9. The van der Waals surface area contributed by atoms with Gasteiger partial charge < -0.3 is 13.7 Å². The average Bonchev–Trinajstić information content (AvgIpc) is 3.21. The first-order chi connectivity index (χ1) is 12.2. The number of benzene rings is 1. The van der Waals surface area contributed by atoms with Gasteiger partial charge in [-0.15, -0.1) is 0 Å². The molecule has 3 heterocycles. The van der Waals surface area contributed by atoms with E-state index in [9.17, 15) is 0 Å². The van der Waals surface area contributed by atoms with Gasteiger partial charge in [0.2, 0.25) is 0 Å². The predicted molar refractivity (Wildman–Crippen MR) is 98.3 cm³/mol. The van der Waals surface area contributed by atoms with Crippen LogP contribution in [0.5, 0.6) is 0 Å². The van der Waals surface area contributed by atoms with Gasteiger partial charge in [-0.2, -0.15) is 0 Å². The maximum absolute atomic E-state index is 6.09. The van der Waals surface area contributed by atoms with Gasteiger partial charge in [0.25, 0.3) is 0 Å². The Morgan fingerprint density at radius 2 is 1.96 bits per heavy atom. The lowest BCUT2D eigenvalue weighted by molar-refractivity contribution is 0.0543. The first-order valence-electron chi connectivity index (χ1n) is 8.97. The summed E-state index contributed by atoms with van der Waals surface area (Å²) in [4.78, 5) is 7.05. The summed E-state index contributed by atoms with van der Waals surface area (Å²) in [5.41, 5.74) is 2.11. The fourth-order valence-electron chi connectivity index (χ4n) is 3.65. The minimum Gasteiger partial charge on any atom is -0.456 e. The molecule has 4 rings (SSSR count). The highest BCUT2D eigenvalue weighted by atomic mass is 16.5. The van der Waals surface area contributed by atoms with Gasteiger partial charge in [-0.1, -0.05) is 12.1 Å². The molecule has 5 nitrogen and oxygen atoms in total. The minimum atomic E-state index is 0.730. The van der Waals surface area contributed by atoms with E-state index in [-0.39, 0.29) is 0 Å². The van der Waals surface area contributed by atoms with Crippen LogP contribution in [0.2, 0.25) is 0 Å². The van der Waals surface area contributed by atoms with Crippen molar-refractivity contribution in [1.82, 2.24) is 14.5 Å². The molecule has 0 spiro atoms. The lowest BCUT2D eigenvalue weighted by Gasteiger charge is -2.26. The number of imidazole rings is 1. The van der Waals surface area contributed by atoms with Crippen LogP contribution in [0.3, 0.4) is 0 Å². The molecule has 2 aromatic heterocycles. The van der Waals surface area contributed by atoms with Gasteiger partial charge >= 0.3 is 0 Å². The molecule has 0 bridgehead atoms. The number of hydrogen-bond donors (Lipinski definition) is 0. The van der Waals surface area contributed by atoms with Crippen molar-refractivity contribution in [3.8, 4) is 11.6 Å². The Morgan fingerprint density at radius 3 is 2.76 bits per heavy atom. The van der Waals surface area contributed by atoms with Gasteiger partial charge in [0.15, 0.2) is 11.6 Å². The molecule has 3 aromatic rings. The summed E-state index contributed by atoms with van der Waals surface area (Å²) in [7, 11) is 4.19. The molecular weight excluding hydrogens is 314 g/mol. The van der Waals surface area contributed by atoms with Crippen LogP contribution < -0.4 is 0 Å². The molecule has 132 valence electrons. The van der Waals surface area contributed by atoms with Crippen molar-refractivity contribution < 1.29 is 9.15 Å². The molecule has 5 heteroatoms. The van der Waals surface area contributed by atoms with Crippen molar-refractivity contribution in [1.29, 1.82) is 0 Å². The second-order valence-electron chi connectivity index (χ2n) is 7.00. The molecule has 0 radical (unpaired) electrons. The molecule has 0 unspecified atom stereocenters. The van der Waals surface area contributed by atoms with E-state index in [4.69, 9.17) is 14.1 Å². The second-order valence-corrected chi connectivity index (χ2v) is 7.00. The third kappa shape index (κ3) is 3.48. The van der Waals surface area contributed by atoms with Gasteiger partial charge in [-0.25, -0.2) is 4.98 Å². The maximum atomic E-state index is 6.09. The summed E-state index contributed by atoms with van der Waals surface area (Å²) >= 11 is 0. The Hall–Kier alpha value is -2.11. The molecular formula is C20H25N3O2. The number of ether oxygens (including phenoxy) is 1. The number of fused-ring (bicyclic) bond motifs is 1. The Balaban J connectivity index is 1.46. The monoisotopic (exact) mass is 339 g/mol. The Bertz CT molecular complexity index is 846. The van der Waals surface area contributed by atoms with E-state index in [2.05, 4.69) is 28.6 Å². The van der Waals surface area contributed by atoms with Gasteiger partial charge in [-0.3, -0.25) is 4.90 Å². The largest absolute Gasteiger partial charge is 0.456 e. The lowest BCUT2D eigenvalue weighted by atomic mass is 10.00. The fraction of sp³-hybridized carbons (Fsp3) is 0.450. The number of hydrogen-bond acceptors (Lipinski definition) is 4. The Labute approximate surface area is 148 Å². The van der Waals surface area contributed by atoms with Gasteiger partial charge in [0, 0.05) is 26.8 Å². The van der Waals surface area contributed by atoms with Crippen LogP contribution in [-0.2, 0) is 18.3 Å². The van der Waals surface area contributed by atoms with Crippen LogP contribution in [0.25, 0.3) is 22.6 Å². The zero-order valence-corrected chi connectivity index (χ0v) is 14.9. The van der Waals surface area contributed by atoms with Crippen molar-refractivity contribution in [2.75, 3.05) is 26.8 Å². The molecule has 1 aliphatic rings. The molecule has 0 N–H and O–H groups in total. The first-order valence-corrected chi connectivity index (χ1v) is 8.97. The molecule has 1 aliphatic heterocycles. The molecule has 0 atom stereocenters. The number of aromatic nitrogens is 2. The molecule has 0 aliphatic carbocycles. The van der Waals surface area contributed by atoms with Crippen molar-refractivity contribution in [2.24, 2.45) is 13.0 Å². The van der Waals surface area contributed by atoms with Crippen molar-refractivity contribution in [2.45, 2.75) is 19.4 Å². The Kier molecular flexibility index (Phi) is 4.59. The molecule has 25 heavy (non-hydrogen) atoms. The van der Waals surface area contributed by atoms with Crippen molar-refractivity contribution in [3.05, 3.63) is 42.2 Å². The zero-order chi connectivity index (χ0) is 17.2. The average molecular weight is 339 g/mol. The number of para-hydroxylation sites is 2. The topological polar surface area (TPSA) is 43.4 Å². The minimum absolute atomic E-state index is 0.730. The summed E-state index contributed by atoms with van der Waals surface area (Å²) in [6.07, 6.45) is 2.32. The van der Waals surface area contributed by atoms with Gasteiger partial charge in [0.05, 0.1) is 17.6 Å². The van der Waals surface area contributed by atoms with E-state index < -0.39 is 0 Å². The number of rotatable bonds is 5. The first kappa shape index (κ1) is 16.4. The highest BCUT2D eigenvalue weighted by molar-refractivity contribution is 5.79. The summed E-state index contributed by atoms with van der Waals surface area (Å²) < 4.78 is 13.6. The van der Waals surface area contributed by atoms with Crippen molar-refractivity contribution in [3.63, 3.8) is 0 Å². The number of aryl methyl sites for hydroxylation is 1. The number of furan rings is 1. The molecule has 1 fully saturated rings. The second kappa shape index (κ2) is 7.02. The van der Waals surface area contributed by atoms with Crippen LogP contribution in [0, 0.1) is 5.92 Å². The van der Waals surface area contributed by atoms with Gasteiger partial charge in [0.1, 0.15) is 5.76 Å². The molecule has 0 saturated carbocycles. The van der Waals surface area contributed by atoms with Crippen LogP contribution >= 0.6 is 0 Å². The smallest absolute Gasteiger partial charge is 0.176 e. The molecule has 1 saturated heterocycles. The SMILES string of the molecule is CN(Cc1ccc(-c2nc3ccccc3n2C)o1)CC1CCOCC1. The standard InChI is InChI=1S/C20H25N3O2/c1-22(13-15-9-11-24-12-10-15)14-16-7-8-19(25-16)20-21-17-5-3-4-6-18(17)23(20)2/h3-8,15H,9-14H2,1-2H3. The van der Waals surface area contributed by atoms with Gasteiger partial charge in [-0.05, 0) is 50.1 Å². The van der Waals surface area contributed by atoms with Crippen LogP contribution in [0.15, 0.2) is 40.8 Å². The van der Waals surface area contributed by atoms with E-state index in [1.54, 1.807) is 0 Å². The Morgan fingerprint density at radius 1 is 1.16 bits per heavy atom. The van der Waals surface area contributed by atoms with Crippen LogP contribution in [0.4, 0.5) is 0 Å². The quantitative estimate of drug-likeness (QED) is 0.711. The fourth-order valence-corrected chi connectivity index (χ4v) is 3.65. The highest BCUT2D eigenvalue weighted by Crippen LogP contribution is 2.26. The van der Waals surface area contributed by atoms with E-state index in [0.717, 1.165) is 73.4 Å². The van der Waals surface area contributed by atoms with Crippen molar-refractivity contribution >= 4 is 11.0 Å². The highest BCUT2D eigenvalue weighted by Gasteiger charge is 2.17. The summed E-state index contributed by atoms with van der Waals surface area (Å²) in [5.74, 6) is 3.41. The van der Waals surface area contributed by atoms with E-state index in [0.29, 0.717) is 0 Å². The lowest BCUT2D eigenvalue weighted by Crippen LogP contribution is -2.29. The third-order valence-electron chi connectivity index (χ3n) is 5.01. The molecule has 1 aromatic carbocycles. The molecule has 0 amide bonds. The van der Waals surface area contributed by atoms with Crippen LogP contribution in [0.1, 0.15) is 18.6 Å². The van der Waals surface area contributed by atoms with Crippen LogP contribution in [-0.4, -0.2) is 41.3 Å². The van der Waals surface area contributed by atoms with E-state index >= 15 is 0 Å². The summed E-state index contributed by atoms with van der Waals surface area (Å²) in [6, 6.07) is 12.3. The normalized spacial score (nSPS) is 16.1. The third-order valence-corrected chi connectivity index (χ3v) is 5.01. The summed E-state index contributed by atoms with van der Waals surface area (Å²) in [6.45, 7) is 3.71. The summed E-state index contributed by atoms with van der Waals surface area (Å²) in [5, 5.41) is 0.